The Morgan fingerprint density at radius 1 is 1.06 bits per heavy atom. The van der Waals surface area contributed by atoms with Gasteiger partial charge in [0, 0.05) is 6.20 Å². The van der Waals surface area contributed by atoms with E-state index in [1.807, 2.05) is 40.9 Å². The number of hydrogen-bond acceptors (Lipinski definition) is 4. The van der Waals surface area contributed by atoms with Gasteiger partial charge in [-0.15, -0.1) is 10.2 Å². The maximum Gasteiger partial charge on any atom is 0.201 e. The summed E-state index contributed by atoms with van der Waals surface area (Å²) < 4.78 is 1.91. The van der Waals surface area contributed by atoms with Gasteiger partial charge in [0.15, 0.2) is 5.65 Å². The molecule has 0 fully saturated rings. The van der Waals surface area contributed by atoms with Crippen molar-refractivity contribution in [3.05, 3.63) is 47.7 Å². The third-order valence-electron chi connectivity index (χ3n) is 2.17. The third-order valence-corrected chi connectivity index (χ3v) is 3.28. The zero-order valence-corrected chi connectivity index (χ0v) is 10.2. The molecule has 3 aromatic rings. The van der Waals surface area contributed by atoms with Crippen LogP contribution in [0.3, 0.4) is 0 Å². The fourth-order valence-electron chi connectivity index (χ4n) is 1.43. The highest BCUT2D eigenvalue weighted by Gasteiger charge is 2.07. The second-order valence-electron chi connectivity index (χ2n) is 3.31. The van der Waals surface area contributed by atoms with Crippen LogP contribution in [-0.2, 0) is 0 Å². The van der Waals surface area contributed by atoms with E-state index >= 15 is 0 Å². The molecule has 0 radical (unpaired) electrons. The topological polar surface area (TPSA) is 43.1 Å². The quantitative estimate of drug-likeness (QED) is 0.666. The van der Waals surface area contributed by atoms with Gasteiger partial charge in [-0.3, -0.25) is 4.40 Å². The lowest BCUT2D eigenvalue weighted by Crippen LogP contribution is -1.87. The van der Waals surface area contributed by atoms with Crippen LogP contribution in [0.15, 0.2) is 52.8 Å². The van der Waals surface area contributed by atoms with E-state index in [2.05, 4.69) is 15.2 Å². The summed E-state index contributed by atoms with van der Waals surface area (Å²) in [5, 5.41) is 10.2. The van der Waals surface area contributed by atoms with Gasteiger partial charge >= 0.3 is 0 Å². The summed E-state index contributed by atoms with van der Waals surface area (Å²) in [4.78, 5) is 4.20. The first-order valence-electron chi connectivity index (χ1n) is 4.93. The van der Waals surface area contributed by atoms with E-state index in [-0.39, 0.29) is 0 Å². The monoisotopic (exact) mass is 262 g/mol. The molecule has 84 valence electrons. The summed E-state index contributed by atoms with van der Waals surface area (Å²) in [5.41, 5.74) is 0.817. The number of hydrogen-bond donors (Lipinski definition) is 0. The zero-order chi connectivity index (χ0) is 11.7. The summed E-state index contributed by atoms with van der Waals surface area (Å²) in [5.74, 6) is 0. The van der Waals surface area contributed by atoms with E-state index in [4.69, 9.17) is 11.6 Å². The van der Waals surface area contributed by atoms with Crippen molar-refractivity contribution in [1.29, 1.82) is 0 Å². The Kier molecular flexibility index (Phi) is 2.70. The number of aromatic nitrogens is 4. The molecule has 4 nitrogen and oxygen atoms in total. The number of pyridine rings is 2. The van der Waals surface area contributed by atoms with Crippen LogP contribution in [0.1, 0.15) is 0 Å². The summed E-state index contributed by atoms with van der Waals surface area (Å²) >= 11 is 7.27. The average Bonchev–Trinajstić information content (AvgIpc) is 2.73. The smallest absolute Gasteiger partial charge is 0.201 e. The molecule has 0 saturated heterocycles. The van der Waals surface area contributed by atoms with Crippen molar-refractivity contribution in [3.63, 3.8) is 0 Å². The van der Waals surface area contributed by atoms with Crippen molar-refractivity contribution in [1.82, 2.24) is 19.6 Å². The maximum absolute atomic E-state index is 5.84. The molecule has 6 heteroatoms. The van der Waals surface area contributed by atoms with Crippen LogP contribution >= 0.6 is 23.4 Å². The van der Waals surface area contributed by atoms with Gasteiger partial charge in [-0.2, -0.15) is 0 Å². The lowest BCUT2D eigenvalue weighted by molar-refractivity contribution is 0.917. The van der Waals surface area contributed by atoms with Crippen LogP contribution in [-0.4, -0.2) is 19.6 Å². The largest absolute Gasteiger partial charge is 0.277 e. The molecule has 0 unspecified atom stereocenters. The fraction of sp³-hybridized carbons (Fsp3) is 0. The predicted octanol–water partition coefficient (Wildman–Crippen LogP) is 2.93. The third kappa shape index (κ3) is 2.11. The van der Waals surface area contributed by atoms with Gasteiger partial charge < -0.3 is 0 Å². The first-order valence-corrected chi connectivity index (χ1v) is 6.12. The molecule has 0 N–H and O–H groups in total. The zero-order valence-electron chi connectivity index (χ0n) is 8.62. The molecule has 3 heterocycles. The number of halogens is 1. The Morgan fingerprint density at radius 3 is 2.88 bits per heavy atom. The van der Waals surface area contributed by atoms with E-state index in [9.17, 15) is 0 Å². The van der Waals surface area contributed by atoms with Crippen molar-refractivity contribution in [3.8, 4) is 0 Å². The molecule has 0 aliphatic carbocycles. The Morgan fingerprint density at radius 2 is 2.00 bits per heavy atom. The van der Waals surface area contributed by atoms with E-state index in [1.54, 1.807) is 6.07 Å². The van der Waals surface area contributed by atoms with Gasteiger partial charge in [-0.25, -0.2) is 4.98 Å². The van der Waals surface area contributed by atoms with Gasteiger partial charge in [-0.05, 0) is 36.0 Å². The Bertz CT molecular complexity index is 667. The molecular formula is C11H7ClN4S. The van der Waals surface area contributed by atoms with Crippen LogP contribution in [0.4, 0.5) is 0 Å². The minimum absolute atomic E-state index is 0.476. The van der Waals surface area contributed by atoms with Gasteiger partial charge in [-0.1, -0.05) is 23.7 Å². The lowest BCUT2D eigenvalue weighted by atomic mass is 10.5. The molecule has 0 aromatic carbocycles. The van der Waals surface area contributed by atoms with Crippen molar-refractivity contribution in [2.24, 2.45) is 0 Å². The first-order chi connectivity index (χ1) is 8.33. The second kappa shape index (κ2) is 4.35. The molecule has 3 aromatic heterocycles. The summed E-state index contributed by atoms with van der Waals surface area (Å²) in [6.45, 7) is 0. The van der Waals surface area contributed by atoms with E-state index in [0.717, 1.165) is 15.8 Å². The van der Waals surface area contributed by atoms with Crippen LogP contribution in [0.25, 0.3) is 5.65 Å². The van der Waals surface area contributed by atoms with Gasteiger partial charge in [0.2, 0.25) is 5.16 Å². The number of nitrogens with zero attached hydrogens (tertiary/aromatic N) is 4. The average molecular weight is 263 g/mol. The molecular weight excluding hydrogens is 256 g/mol. The molecule has 17 heavy (non-hydrogen) atoms. The van der Waals surface area contributed by atoms with E-state index in [1.165, 1.54) is 11.8 Å². The minimum Gasteiger partial charge on any atom is -0.277 e. The maximum atomic E-state index is 5.84. The Hall–Kier alpha value is -1.59. The minimum atomic E-state index is 0.476. The molecule has 0 aliphatic heterocycles. The van der Waals surface area contributed by atoms with Crippen molar-refractivity contribution >= 4 is 29.0 Å². The molecule has 0 aliphatic rings. The van der Waals surface area contributed by atoms with Gasteiger partial charge in [0.25, 0.3) is 0 Å². The highest BCUT2D eigenvalue weighted by molar-refractivity contribution is 7.99. The summed E-state index contributed by atoms with van der Waals surface area (Å²) in [6.07, 6.45) is 1.92. The van der Waals surface area contributed by atoms with Crippen LogP contribution in [0.2, 0.25) is 5.15 Å². The van der Waals surface area contributed by atoms with Crippen LogP contribution in [0, 0.1) is 0 Å². The SMILES string of the molecule is Clc1cccc(Sc2nnc3ccccn23)n1. The number of rotatable bonds is 2. The molecule has 0 saturated carbocycles. The first kappa shape index (κ1) is 10.6. The summed E-state index contributed by atoms with van der Waals surface area (Å²) in [6, 6.07) is 11.3. The molecule has 3 rings (SSSR count). The van der Waals surface area contributed by atoms with E-state index in [0.29, 0.717) is 5.15 Å². The van der Waals surface area contributed by atoms with Gasteiger partial charge in [0.1, 0.15) is 10.2 Å². The molecule has 0 spiro atoms. The second-order valence-corrected chi connectivity index (χ2v) is 4.69. The Balaban J connectivity index is 2.00. The molecule has 0 atom stereocenters. The van der Waals surface area contributed by atoms with Crippen molar-refractivity contribution in [2.75, 3.05) is 0 Å². The van der Waals surface area contributed by atoms with E-state index < -0.39 is 0 Å². The number of fused-ring (bicyclic) bond motifs is 1. The van der Waals surface area contributed by atoms with Crippen molar-refractivity contribution < 1.29 is 0 Å². The van der Waals surface area contributed by atoms with Crippen LogP contribution < -0.4 is 0 Å². The van der Waals surface area contributed by atoms with Gasteiger partial charge in [0.05, 0.1) is 0 Å². The standard InChI is InChI=1S/C11H7ClN4S/c12-8-4-3-6-10(13-8)17-11-15-14-9-5-1-2-7-16(9)11/h1-7H. The summed E-state index contributed by atoms with van der Waals surface area (Å²) in [7, 11) is 0. The van der Waals surface area contributed by atoms with Crippen molar-refractivity contribution in [2.45, 2.75) is 10.2 Å². The molecule has 0 amide bonds. The highest BCUT2D eigenvalue weighted by atomic mass is 35.5. The Labute approximate surface area is 107 Å². The predicted molar refractivity (Wildman–Crippen MR) is 66.4 cm³/mol. The normalized spacial score (nSPS) is 10.9. The lowest BCUT2D eigenvalue weighted by Gasteiger charge is -1.99. The van der Waals surface area contributed by atoms with Crippen LogP contribution in [0.5, 0.6) is 0 Å². The fourth-order valence-corrected chi connectivity index (χ4v) is 2.46. The molecule has 0 bridgehead atoms. The highest BCUT2D eigenvalue weighted by Crippen LogP contribution is 2.25.